The normalized spacial score (nSPS) is 19.3. The van der Waals surface area contributed by atoms with Crippen molar-refractivity contribution in [1.29, 1.82) is 0 Å². The lowest BCUT2D eigenvalue weighted by Crippen LogP contribution is -2.17. The van der Waals surface area contributed by atoms with Crippen molar-refractivity contribution in [2.75, 3.05) is 5.32 Å². The Morgan fingerprint density at radius 2 is 1.00 bits per heavy atom. The number of hydrogen-bond donors (Lipinski definition) is 1. The molecule has 5 aromatic rings. The van der Waals surface area contributed by atoms with E-state index in [9.17, 15) is 0 Å². The third kappa shape index (κ3) is 6.44. The summed E-state index contributed by atoms with van der Waals surface area (Å²) in [6.07, 6.45) is 20.5. The summed E-state index contributed by atoms with van der Waals surface area (Å²) in [5, 5.41) is 3.93. The lowest BCUT2D eigenvalue weighted by molar-refractivity contribution is 0.435. The third-order valence-corrected chi connectivity index (χ3v) is 13.6. The Labute approximate surface area is 313 Å². The lowest BCUT2D eigenvalue weighted by atomic mass is 9.77. The molecular weight excluding hydrogens is 627 g/mol. The molecule has 0 bridgehead atoms. The average Bonchev–Trinajstić information content (AvgIpc) is 3.45. The molecule has 0 heterocycles. The molecule has 3 fully saturated rings. The smallest absolute Gasteiger partial charge is 0.0467 e. The number of benzene rings is 5. The zero-order valence-corrected chi connectivity index (χ0v) is 31.7. The van der Waals surface area contributed by atoms with Crippen molar-refractivity contribution in [3.05, 3.63) is 131 Å². The Bertz CT molecular complexity index is 1980. The maximum atomic E-state index is 3.93. The third-order valence-electron chi connectivity index (χ3n) is 13.6. The Morgan fingerprint density at radius 1 is 0.462 bits per heavy atom. The van der Waals surface area contributed by atoms with Crippen LogP contribution in [0, 0.1) is 0 Å². The molecule has 4 aliphatic rings. The number of rotatable bonds is 7. The minimum Gasteiger partial charge on any atom is -0.355 e. The Hall–Kier alpha value is -4.10. The van der Waals surface area contributed by atoms with Crippen LogP contribution in [0.15, 0.2) is 103 Å². The van der Waals surface area contributed by atoms with Gasteiger partial charge in [0.2, 0.25) is 0 Å². The number of nitrogens with one attached hydrogen (secondary N) is 1. The summed E-state index contributed by atoms with van der Waals surface area (Å²) >= 11 is 0. The highest BCUT2D eigenvalue weighted by molar-refractivity contribution is 5.95. The molecule has 4 aliphatic carbocycles. The van der Waals surface area contributed by atoms with Gasteiger partial charge in [0, 0.05) is 22.4 Å². The molecule has 0 saturated heterocycles. The highest BCUT2D eigenvalue weighted by atomic mass is 14.9. The first kappa shape index (κ1) is 33.7. The van der Waals surface area contributed by atoms with Gasteiger partial charge in [-0.05, 0) is 130 Å². The van der Waals surface area contributed by atoms with Gasteiger partial charge >= 0.3 is 0 Å². The molecule has 0 aromatic heterocycles. The maximum absolute atomic E-state index is 3.93. The van der Waals surface area contributed by atoms with Gasteiger partial charge in [0.25, 0.3) is 0 Å². The van der Waals surface area contributed by atoms with E-state index in [0.29, 0.717) is 0 Å². The summed E-state index contributed by atoms with van der Waals surface area (Å²) in [4.78, 5) is 0. The second kappa shape index (κ2) is 14.4. The van der Waals surface area contributed by atoms with E-state index in [2.05, 4.69) is 122 Å². The number of hydrogen-bond acceptors (Lipinski definition) is 1. The van der Waals surface area contributed by atoms with Crippen LogP contribution in [0.1, 0.15) is 156 Å². The highest BCUT2D eigenvalue weighted by Crippen LogP contribution is 2.54. The van der Waals surface area contributed by atoms with E-state index in [0.717, 1.165) is 17.8 Å². The van der Waals surface area contributed by atoms with Crippen LogP contribution in [0.2, 0.25) is 0 Å². The molecule has 1 N–H and O–H groups in total. The monoisotopic (exact) mass is 683 g/mol. The first-order valence-corrected chi connectivity index (χ1v) is 20.9. The second-order valence-corrected chi connectivity index (χ2v) is 17.3. The van der Waals surface area contributed by atoms with Crippen LogP contribution in [-0.4, -0.2) is 0 Å². The summed E-state index contributed by atoms with van der Waals surface area (Å²) in [6.45, 7) is 4.84. The van der Waals surface area contributed by atoms with E-state index in [1.165, 1.54) is 158 Å². The van der Waals surface area contributed by atoms with Crippen LogP contribution in [0.25, 0.3) is 33.4 Å². The molecule has 1 nitrogen and oxygen atoms in total. The molecule has 0 unspecified atom stereocenters. The summed E-state index contributed by atoms with van der Waals surface area (Å²) in [6, 6.07) is 40.5. The first-order valence-electron chi connectivity index (χ1n) is 20.9. The van der Waals surface area contributed by atoms with Gasteiger partial charge < -0.3 is 5.32 Å². The molecule has 0 amide bonds. The van der Waals surface area contributed by atoms with E-state index in [-0.39, 0.29) is 5.41 Å². The van der Waals surface area contributed by atoms with Gasteiger partial charge in [-0.3, -0.25) is 0 Å². The Morgan fingerprint density at radius 3 is 1.60 bits per heavy atom. The maximum Gasteiger partial charge on any atom is 0.0467 e. The molecule has 266 valence electrons. The van der Waals surface area contributed by atoms with Crippen molar-refractivity contribution in [2.24, 2.45) is 0 Å². The fourth-order valence-corrected chi connectivity index (χ4v) is 10.7. The lowest BCUT2D eigenvalue weighted by Gasteiger charge is -2.27. The van der Waals surface area contributed by atoms with E-state index in [4.69, 9.17) is 0 Å². The van der Waals surface area contributed by atoms with Crippen molar-refractivity contribution < 1.29 is 0 Å². The predicted molar refractivity (Wildman–Crippen MR) is 222 cm³/mol. The Balaban J connectivity index is 1.10. The zero-order valence-electron chi connectivity index (χ0n) is 31.7. The fraction of sp³-hybridized carbons (Fsp3) is 0.412. The first-order chi connectivity index (χ1) is 25.5. The van der Waals surface area contributed by atoms with Crippen molar-refractivity contribution in [2.45, 2.75) is 133 Å². The van der Waals surface area contributed by atoms with E-state index < -0.39 is 0 Å². The van der Waals surface area contributed by atoms with Crippen molar-refractivity contribution in [1.82, 2.24) is 0 Å². The van der Waals surface area contributed by atoms with E-state index in [1.807, 2.05) is 0 Å². The van der Waals surface area contributed by atoms with Crippen LogP contribution < -0.4 is 5.32 Å². The summed E-state index contributed by atoms with van der Waals surface area (Å²) in [5.74, 6) is 2.16. The number of fused-ring (bicyclic) bond motifs is 3. The largest absolute Gasteiger partial charge is 0.355 e. The molecule has 0 radical (unpaired) electrons. The topological polar surface area (TPSA) is 12.0 Å². The molecule has 0 aliphatic heterocycles. The molecular formula is C51H57N. The van der Waals surface area contributed by atoms with Crippen LogP contribution in [0.5, 0.6) is 0 Å². The number of anilines is 2. The van der Waals surface area contributed by atoms with Crippen molar-refractivity contribution >= 4 is 11.4 Å². The van der Waals surface area contributed by atoms with Crippen LogP contribution >= 0.6 is 0 Å². The second-order valence-electron chi connectivity index (χ2n) is 17.3. The molecule has 0 atom stereocenters. The van der Waals surface area contributed by atoms with Gasteiger partial charge in [-0.2, -0.15) is 0 Å². The van der Waals surface area contributed by atoms with Crippen molar-refractivity contribution in [3.63, 3.8) is 0 Å². The molecule has 52 heavy (non-hydrogen) atoms. The SMILES string of the molecule is CC1(C)c2ccccc2-c2ccc(Nc3ccc(C4CCCCC4)cc3)c(-c3ccc(-c4cc(C5CCCCC5)cc(C5CCCCC5)c4)cc3)c21. The van der Waals surface area contributed by atoms with Crippen LogP contribution in [0.3, 0.4) is 0 Å². The van der Waals surface area contributed by atoms with Gasteiger partial charge in [0.15, 0.2) is 0 Å². The predicted octanol–water partition coefficient (Wildman–Crippen LogP) is 15.2. The summed E-state index contributed by atoms with van der Waals surface area (Å²) < 4.78 is 0. The van der Waals surface area contributed by atoms with Crippen LogP contribution in [-0.2, 0) is 5.41 Å². The van der Waals surface area contributed by atoms with Gasteiger partial charge in [0.1, 0.15) is 0 Å². The molecule has 1 heteroatoms. The molecule has 3 saturated carbocycles. The van der Waals surface area contributed by atoms with Crippen molar-refractivity contribution in [3.8, 4) is 33.4 Å². The molecule has 0 spiro atoms. The minimum absolute atomic E-state index is 0.105. The minimum atomic E-state index is -0.105. The van der Waals surface area contributed by atoms with E-state index >= 15 is 0 Å². The zero-order chi connectivity index (χ0) is 35.1. The Kier molecular flexibility index (Phi) is 9.32. The van der Waals surface area contributed by atoms with Gasteiger partial charge in [-0.15, -0.1) is 0 Å². The van der Waals surface area contributed by atoms with Gasteiger partial charge in [0.05, 0.1) is 0 Å². The molecule has 5 aromatic carbocycles. The fourth-order valence-electron chi connectivity index (χ4n) is 10.7. The highest BCUT2D eigenvalue weighted by Gasteiger charge is 2.38. The van der Waals surface area contributed by atoms with Crippen LogP contribution in [0.4, 0.5) is 11.4 Å². The van der Waals surface area contributed by atoms with Gasteiger partial charge in [-0.1, -0.05) is 157 Å². The van der Waals surface area contributed by atoms with Gasteiger partial charge in [-0.25, -0.2) is 0 Å². The average molecular weight is 684 g/mol. The summed E-state index contributed by atoms with van der Waals surface area (Å²) in [7, 11) is 0. The summed E-state index contributed by atoms with van der Waals surface area (Å²) in [5.41, 5.74) is 17.9. The van der Waals surface area contributed by atoms with E-state index in [1.54, 1.807) is 11.1 Å². The quantitative estimate of drug-likeness (QED) is 0.180. The molecule has 9 rings (SSSR count). The standard InChI is InChI=1S/C51H57N/c1-51(2)47-21-13-12-20-45(47)46-30-31-48(52-44-28-26-38(27-29-44)35-14-6-3-7-15-35)49(50(46)51)40-24-22-39(23-25-40)43-33-41(36-16-8-4-9-17-36)32-42(34-43)37-18-10-5-11-19-37/h12-13,20-37,52H,3-11,14-19H2,1-2H3.